The monoisotopic (exact) mass is 324 g/mol. The van der Waals surface area contributed by atoms with E-state index in [9.17, 15) is 9.90 Å². The van der Waals surface area contributed by atoms with E-state index in [0.29, 0.717) is 22.3 Å². The van der Waals surface area contributed by atoms with Gasteiger partial charge in [-0.3, -0.25) is 0 Å². The number of hydrogen-bond acceptors (Lipinski definition) is 2. The number of hydrogen-bond donors (Lipinski definition) is 3. The van der Waals surface area contributed by atoms with Crippen molar-refractivity contribution in [1.29, 1.82) is 0 Å². The fourth-order valence-electron chi connectivity index (χ4n) is 1.82. The van der Waals surface area contributed by atoms with Gasteiger partial charge in [-0.2, -0.15) is 0 Å². The first-order chi connectivity index (χ1) is 10.1. The van der Waals surface area contributed by atoms with E-state index in [2.05, 4.69) is 10.6 Å². The summed E-state index contributed by atoms with van der Waals surface area (Å²) in [6.07, 6.45) is 0. The van der Waals surface area contributed by atoms with Crippen molar-refractivity contribution in [3.05, 3.63) is 63.6 Å². The summed E-state index contributed by atoms with van der Waals surface area (Å²) < 4.78 is 0. The maximum atomic E-state index is 11.9. The van der Waals surface area contributed by atoms with Crippen LogP contribution in [-0.4, -0.2) is 11.1 Å². The Morgan fingerprint density at radius 3 is 2.52 bits per heavy atom. The third-order valence-corrected chi connectivity index (χ3v) is 3.47. The van der Waals surface area contributed by atoms with Gasteiger partial charge in [0, 0.05) is 11.6 Å². The second-order valence-electron chi connectivity index (χ2n) is 4.36. The quantitative estimate of drug-likeness (QED) is 0.800. The summed E-state index contributed by atoms with van der Waals surface area (Å²) in [6, 6.07) is 11.8. The van der Waals surface area contributed by atoms with Crippen LogP contribution in [0.25, 0.3) is 0 Å². The normalized spacial score (nSPS) is 10.2. The molecule has 0 fully saturated rings. The van der Waals surface area contributed by atoms with Gasteiger partial charge in [0.2, 0.25) is 0 Å². The number of nitrogens with one attached hydrogen (secondary N) is 2. The first-order valence-electron chi connectivity index (χ1n) is 6.27. The molecule has 0 aromatic heterocycles. The summed E-state index contributed by atoms with van der Waals surface area (Å²) in [7, 11) is 0. The van der Waals surface area contributed by atoms with Gasteiger partial charge in [0.05, 0.1) is 17.3 Å². The molecule has 21 heavy (non-hydrogen) atoms. The topological polar surface area (TPSA) is 61.4 Å². The summed E-state index contributed by atoms with van der Waals surface area (Å²) >= 11 is 11.8. The molecule has 0 aliphatic rings. The second-order valence-corrected chi connectivity index (χ2v) is 5.20. The predicted molar refractivity (Wildman–Crippen MR) is 84.7 cm³/mol. The van der Waals surface area contributed by atoms with Crippen LogP contribution in [0.1, 0.15) is 11.1 Å². The average molecular weight is 325 g/mol. The van der Waals surface area contributed by atoms with Crippen molar-refractivity contribution in [1.82, 2.24) is 5.32 Å². The zero-order chi connectivity index (χ0) is 15.2. The van der Waals surface area contributed by atoms with Crippen LogP contribution in [0.4, 0.5) is 10.5 Å². The minimum absolute atomic E-state index is 0.0698. The van der Waals surface area contributed by atoms with Gasteiger partial charge in [-0.05, 0) is 29.3 Å². The first-order valence-corrected chi connectivity index (χ1v) is 7.03. The Kier molecular flexibility index (Phi) is 5.44. The third-order valence-electron chi connectivity index (χ3n) is 2.90. The number of carbonyl (C=O) groups is 1. The molecule has 2 aromatic carbocycles. The Hall–Kier alpha value is -1.75. The van der Waals surface area contributed by atoms with Crippen molar-refractivity contribution in [2.24, 2.45) is 0 Å². The lowest BCUT2D eigenvalue weighted by molar-refractivity contribution is 0.251. The highest BCUT2D eigenvalue weighted by atomic mass is 35.5. The Bertz CT molecular complexity index is 647. The van der Waals surface area contributed by atoms with Gasteiger partial charge in [-0.15, -0.1) is 0 Å². The predicted octanol–water partition coefficient (Wildman–Crippen LogP) is 3.81. The molecule has 3 N–H and O–H groups in total. The maximum absolute atomic E-state index is 11.9. The lowest BCUT2D eigenvalue weighted by Gasteiger charge is -2.11. The highest BCUT2D eigenvalue weighted by Crippen LogP contribution is 2.25. The average Bonchev–Trinajstić information content (AvgIpc) is 2.49. The van der Waals surface area contributed by atoms with Crippen molar-refractivity contribution >= 4 is 34.9 Å². The number of rotatable bonds is 4. The Morgan fingerprint density at radius 2 is 1.81 bits per heavy atom. The molecule has 0 heterocycles. The van der Waals surface area contributed by atoms with Crippen molar-refractivity contribution in [2.75, 3.05) is 5.32 Å². The second kappa shape index (κ2) is 7.31. The minimum Gasteiger partial charge on any atom is -0.392 e. The van der Waals surface area contributed by atoms with Gasteiger partial charge >= 0.3 is 6.03 Å². The number of benzene rings is 2. The molecular formula is C15H14Cl2N2O2. The van der Waals surface area contributed by atoms with E-state index in [1.54, 1.807) is 18.2 Å². The number of anilines is 1. The van der Waals surface area contributed by atoms with Crippen LogP contribution in [0.5, 0.6) is 0 Å². The van der Waals surface area contributed by atoms with Crippen LogP contribution in [-0.2, 0) is 13.2 Å². The van der Waals surface area contributed by atoms with Crippen molar-refractivity contribution < 1.29 is 9.90 Å². The molecule has 0 aliphatic heterocycles. The minimum atomic E-state index is -0.396. The molecule has 0 unspecified atom stereocenters. The Labute approximate surface area is 132 Å². The Morgan fingerprint density at radius 1 is 1.10 bits per heavy atom. The standard InChI is InChI=1S/C15H14Cl2N2O2/c16-12-5-6-13(17)14(7-12)19-15(21)18-8-10-3-1-2-4-11(10)9-20/h1-7,20H,8-9H2,(H2,18,19,21). The molecule has 110 valence electrons. The van der Waals surface area contributed by atoms with Crippen molar-refractivity contribution in [3.63, 3.8) is 0 Å². The molecule has 0 aliphatic carbocycles. The van der Waals surface area contributed by atoms with Crippen LogP contribution in [0.3, 0.4) is 0 Å². The highest BCUT2D eigenvalue weighted by Gasteiger charge is 2.07. The molecule has 4 nitrogen and oxygen atoms in total. The molecule has 2 amide bonds. The molecule has 0 radical (unpaired) electrons. The van der Waals surface area contributed by atoms with E-state index in [0.717, 1.165) is 11.1 Å². The summed E-state index contributed by atoms with van der Waals surface area (Å²) in [5.41, 5.74) is 2.07. The number of carbonyl (C=O) groups excluding carboxylic acids is 1. The lowest BCUT2D eigenvalue weighted by Crippen LogP contribution is -2.28. The summed E-state index contributed by atoms with van der Waals surface area (Å²) in [6.45, 7) is 0.236. The number of halogens is 2. The fourth-order valence-corrected chi connectivity index (χ4v) is 2.16. The van der Waals surface area contributed by atoms with Gasteiger partial charge in [0.15, 0.2) is 0 Å². The van der Waals surface area contributed by atoms with E-state index in [1.165, 1.54) is 0 Å². The molecule has 2 aromatic rings. The molecule has 0 spiro atoms. The largest absolute Gasteiger partial charge is 0.392 e. The molecule has 6 heteroatoms. The van der Waals surface area contributed by atoms with Crippen LogP contribution >= 0.6 is 23.2 Å². The number of aliphatic hydroxyl groups excluding tert-OH is 1. The first kappa shape index (κ1) is 15.6. The van der Waals surface area contributed by atoms with E-state index < -0.39 is 6.03 Å². The van der Waals surface area contributed by atoms with Crippen LogP contribution in [0, 0.1) is 0 Å². The van der Waals surface area contributed by atoms with Crippen molar-refractivity contribution in [2.45, 2.75) is 13.2 Å². The van der Waals surface area contributed by atoms with E-state index >= 15 is 0 Å². The molecule has 0 saturated carbocycles. The summed E-state index contributed by atoms with van der Waals surface area (Å²) in [5, 5.41) is 15.5. The van der Waals surface area contributed by atoms with Crippen LogP contribution < -0.4 is 10.6 Å². The van der Waals surface area contributed by atoms with Gasteiger partial charge in [-0.25, -0.2) is 4.79 Å². The van der Waals surface area contributed by atoms with E-state index in [1.807, 2.05) is 24.3 Å². The molecule has 0 atom stereocenters. The SMILES string of the molecule is O=C(NCc1ccccc1CO)Nc1cc(Cl)ccc1Cl. The zero-order valence-electron chi connectivity index (χ0n) is 11.1. The molecule has 2 rings (SSSR count). The molecular weight excluding hydrogens is 311 g/mol. The van der Waals surface area contributed by atoms with Crippen LogP contribution in [0.2, 0.25) is 10.0 Å². The highest BCUT2D eigenvalue weighted by molar-refractivity contribution is 6.35. The van der Waals surface area contributed by atoms with E-state index in [4.69, 9.17) is 23.2 Å². The van der Waals surface area contributed by atoms with Gasteiger partial charge < -0.3 is 15.7 Å². The summed E-state index contributed by atoms with van der Waals surface area (Å²) in [5.74, 6) is 0. The number of aliphatic hydroxyl groups is 1. The molecule has 0 bridgehead atoms. The third kappa shape index (κ3) is 4.36. The fraction of sp³-hybridized carbons (Fsp3) is 0.133. The molecule has 0 saturated heterocycles. The smallest absolute Gasteiger partial charge is 0.319 e. The maximum Gasteiger partial charge on any atom is 0.319 e. The summed E-state index contributed by atoms with van der Waals surface area (Å²) in [4.78, 5) is 11.9. The van der Waals surface area contributed by atoms with Gasteiger partial charge in [0.1, 0.15) is 0 Å². The Balaban J connectivity index is 1.97. The van der Waals surface area contributed by atoms with Crippen molar-refractivity contribution in [3.8, 4) is 0 Å². The lowest BCUT2D eigenvalue weighted by atomic mass is 10.1. The zero-order valence-corrected chi connectivity index (χ0v) is 12.6. The van der Waals surface area contributed by atoms with Gasteiger partial charge in [0.25, 0.3) is 0 Å². The number of urea groups is 1. The van der Waals surface area contributed by atoms with Gasteiger partial charge in [-0.1, -0.05) is 47.5 Å². The number of amides is 2. The van der Waals surface area contributed by atoms with E-state index in [-0.39, 0.29) is 6.61 Å². The van der Waals surface area contributed by atoms with Crippen LogP contribution in [0.15, 0.2) is 42.5 Å².